The predicted octanol–water partition coefficient (Wildman–Crippen LogP) is 3.84. The molecule has 1 aromatic carbocycles. The summed E-state index contributed by atoms with van der Waals surface area (Å²) in [4.78, 5) is 16.8. The molecule has 2 N–H and O–H groups in total. The number of nitrogens with one attached hydrogen (secondary N) is 2. The Balaban J connectivity index is 0.00000169. The first-order valence-corrected chi connectivity index (χ1v) is 8.75. The molecule has 0 aliphatic carbocycles. The van der Waals surface area contributed by atoms with Crippen molar-refractivity contribution >= 4 is 36.4 Å². The predicted molar refractivity (Wildman–Crippen MR) is 111 cm³/mol. The van der Waals surface area contributed by atoms with Crippen molar-refractivity contribution in [3.63, 3.8) is 0 Å². The first kappa shape index (κ1) is 22.5. The Bertz CT molecular complexity index is 696. The number of hydrogen-bond acceptors (Lipinski definition) is 3. The number of imidazole rings is 1. The summed E-state index contributed by atoms with van der Waals surface area (Å²) in [6.07, 6.45) is 5.88. The van der Waals surface area contributed by atoms with E-state index in [1.165, 1.54) is 0 Å². The van der Waals surface area contributed by atoms with Gasteiger partial charge in [-0.15, -0.1) is 24.8 Å². The number of piperidine rings is 1. The van der Waals surface area contributed by atoms with E-state index in [4.69, 9.17) is 0 Å². The molecule has 1 unspecified atom stereocenters. The van der Waals surface area contributed by atoms with Gasteiger partial charge < -0.3 is 15.2 Å². The zero-order chi connectivity index (χ0) is 16.9. The summed E-state index contributed by atoms with van der Waals surface area (Å²) in [5, 5.41) is 6.35. The van der Waals surface area contributed by atoms with Gasteiger partial charge in [-0.05, 0) is 37.1 Å². The molecular weight excluding hydrogens is 371 g/mol. The number of aromatic nitrogens is 2. The van der Waals surface area contributed by atoms with Gasteiger partial charge in [0.15, 0.2) is 0 Å². The number of nitrogens with zero attached hydrogens (tertiary/aromatic N) is 2. The minimum Gasteiger partial charge on any atom is -0.330 e. The average Bonchev–Trinajstić information content (AvgIpc) is 3.04. The van der Waals surface area contributed by atoms with Crippen molar-refractivity contribution in [3.8, 4) is 0 Å². The van der Waals surface area contributed by atoms with Crippen molar-refractivity contribution in [1.82, 2.24) is 14.9 Å². The van der Waals surface area contributed by atoms with Gasteiger partial charge in [-0.1, -0.05) is 26.0 Å². The molecule has 5 nitrogen and oxygen atoms in total. The highest BCUT2D eigenvalue weighted by atomic mass is 35.5. The van der Waals surface area contributed by atoms with Gasteiger partial charge in [-0.25, -0.2) is 4.98 Å². The molecule has 2 aromatic rings. The summed E-state index contributed by atoms with van der Waals surface area (Å²) in [7, 11) is 0. The topological polar surface area (TPSA) is 59.0 Å². The minimum atomic E-state index is 0. The molecule has 1 amide bonds. The average molecular weight is 399 g/mol. The molecule has 0 spiro atoms. The first-order chi connectivity index (χ1) is 11.6. The van der Waals surface area contributed by atoms with Crippen LogP contribution in [0.4, 0.5) is 5.69 Å². The second kappa shape index (κ2) is 10.6. The highest BCUT2D eigenvalue weighted by Crippen LogP contribution is 2.18. The van der Waals surface area contributed by atoms with Crippen molar-refractivity contribution in [2.75, 3.05) is 18.4 Å². The number of hydrogen-bond donors (Lipinski definition) is 2. The van der Waals surface area contributed by atoms with Crippen molar-refractivity contribution in [3.05, 3.63) is 48.0 Å². The van der Waals surface area contributed by atoms with E-state index < -0.39 is 0 Å². The van der Waals surface area contributed by atoms with Crippen LogP contribution in [0.1, 0.15) is 44.0 Å². The van der Waals surface area contributed by atoms with Gasteiger partial charge in [0.25, 0.3) is 0 Å². The molecule has 1 aliphatic heterocycles. The van der Waals surface area contributed by atoms with Crippen LogP contribution < -0.4 is 10.6 Å². The van der Waals surface area contributed by atoms with Gasteiger partial charge in [0.05, 0.1) is 5.92 Å². The van der Waals surface area contributed by atoms with Crippen LogP contribution in [0, 0.1) is 5.92 Å². The van der Waals surface area contributed by atoms with E-state index >= 15 is 0 Å². The molecule has 26 heavy (non-hydrogen) atoms. The molecule has 7 heteroatoms. The molecule has 1 aromatic heterocycles. The fraction of sp³-hybridized carbons (Fsp3) is 0.474. The number of rotatable bonds is 5. The van der Waals surface area contributed by atoms with Crippen LogP contribution in [-0.2, 0) is 11.3 Å². The number of halogens is 2. The van der Waals surface area contributed by atoms with Gasteiger partial charge in [0.2, 0.25) is 5.91 Å². The molecule has 144 valence electrons. The molecule has 2 heterocycles. The van der Waals surface area contributed by atoms with Crippen LogP contribution in [0.5, 0.6) is 0 Å². The molecule has 1 atom stereocenters. The molecule has 1 saturated heterocycles. The maximum absolute atomic E-state index is 12.4. The Morgan fingerprint density at radius 2 is 2.19 bits per heavy atom. The van der Waals surface area contributed by atoms with Gasteiger partial charge in [-0.3, -0.25) is 4.79 Å². The van der Waals surface area contributed by atoms with Crippen molar-refractivity contribution < 1.29 is 4.79 Å². The lowest BCUT2D eigenvalue weighted by atomic mass is 9.99. The van der Waals surface area contributed by atoms with Crippen LogP contribution in [0.3, 0.4) is 0 Å². The first-order valence-electron chi connectivity index (χ1n) is 8.75. The Morgan fingerprint density at radius 3 is 2.88 bits per heavy atom. The lowest BCUT2D eigenvalue weighted by molar-refractivity contribution is -0.120. The van der Waals surface area contributed by atoms with E-state index in [-0.39, 0.29) is 36.6 Å². The van der Waals surface area contributed by atoms with Crippen LogP contribution in [0.25, 0.3) is 0 Å². The van der Waals surface area contributed by atoms with E-state index in [1.54, 1.807) is 0 Å². The molecule has 1 fully saturated rings. The third kappa shape index (κ3) is 5.73. The van der Waals surface area contributed by atoms with E-state index in [1.807, 2.05) is 24.5 Å². The van der Waals surface area contributed by atoms with Gasteiger partial charge in [0.1, 0.15) is 5.82 Å². The second-order valence-corrected chi connectivity index (χ2v) is 6.80. The quantitative estimate of drug-likeness (QED) is 0.803. The van der Waals surface area contributed by atoms with Crippen LogP contribution in [0.2, 0.25) is 0 Å². The molecule has 1 aliphatic rings. The highest BCUT2D eigenvalue weighted by molar-refractivity contribution is 5.92. The fourth-order valence-electron chi connectivity index (χ4n) is 3.22. The zero-order valence-corrected chi connectivity index (χ0v) is 16.9. The highest BCUT2D eigenvalue weighted by Gasteiger charge is 2.20. The molecular formula is C19H28Cl2N4O. The fourth-order valence-corrected chi connectivity index (χ4v) is 3.22. The van der Waals surface area contributed by atoms with Gasteiger partial charge >= 0.3 is 0 Å². The standard InChI is InChI=1S/C19H26N4O.2ClH/c1-14(2)18-21-9-10-23(18)13-15-5-3-7-17(11-15)22-19(24)16-6-4-8-20-12-16;;/h3,5,7,9-11,14,16,20H,4,6,8,12-13H2,1-2H3,(H,22,24);2*1H. The SMILES string of the molecule is CC(C)c1nccn1Cc1cccc(NC(=O)C2CCCNC2)c1.Cl.Cl. The smallest absolute Gasteiger partial charge is 0.228 e. The normalized spacial score (nSPS) is 16.5. The number of carbonyl (C=O) groups is 1. The van der Waals surface area contributed by atoms with Gasteiger partial charge in [-0.2, -0.15) is 0 Å². The molecule has 0 bridgehead atoms. The van der Waals surface area contributed by atoms with E-state index in [0.717, 1.165) is 49.6 Å². The summed E-state index contributed by atoms with van der Waals surface area (Å²) in [6, 6.07) is 8.09. The van der Waals surface area contributed by atoms with Crippen molar-refractivity contribution in [1.29, 1.82) is 0 Å². The molecule has 3 rings (SSSR count). The summed E-state index contributed by atoms with van der Waals surface area (Å²) in [5.41, 5.74) is 2.03. The Labute approximate surface area is 167 Å². The Hall–Kier alpha value is -1.56. The molecule has 0 saturated carbocycles. The third-order valence-electron chi connectivity index (χ3n) is 4.48. The van der Waals surface area contributed by atoms with Crippen LogP contribution in [-0.4, -0.2) is 28.5 Å². The number of benzene rings is 1. The Kier molecular flexibility index (Phi) is 9.13. The van der Waals surface area contributed by atoms with Crippen molar-refractivity contribution in [2.24, 2.45) is 5.92 Å². The Morgan fingerprint density at radius 1 is 1.38 bits per heavy atom. The summed E-state index contributed by atoms with van der Waals surface area (Å²) >= 11 is 0. The maximum atomic E-state index is 12.4. The lowest BCUT2D eigenvalue weighted by Gasteiger charge is -2.22. The van der Waals surface area contributed by atoms with Crippen LogP contribution >= 0.6 is 24.8 Å². The second-order valence-electron chi connectivity index (χ2n) is 6.80. The summed E-state index contributed by atoms with van der Waals surface area (Å²) < 4.78 is 2.16. The van der Waals surface area contributed by atoms with E-state index in [0.29, 0.717) is 5.92 Å². The maximum Gasteiger partial charge on any atom is 0.228 e. The largest absolute Gasteiger partial charge is 0.330 e. The van der Waals surface area contributed by atoms with Crippen LogP contribution in [0.15, 0.2) is 36.7 Å². The van der Waals surface area contributed by atoms with Crippen molar-refractivity contribution in [2.45, 2.75) is 39.2 Å². The number of carbonyl (C=O) groups excluding carboxylic acids is 1. The third-order valence-corrected chi connectivity index (χ3v) is 4.48. The zero-order valence-electron chi connectivity index (χ0n) is 15.3. The van der Waals surface area contributed by atoms with E-state index in [9.17, 15) is 4.79 Å². The monoisotopic (exact) mass is 398 g/mol. The summed E-state index contributed by atoms with van der Waals surface area (Å²) in [6.45, 7) is 6.85. The number of amides is 1. The summed E-state index contributed by atoms with van der Waals surface area (Å²) in [5.74, 6) is 1.66. The molecule has 0 radical (unpaired) electrons. The minimum absolute atomic E-state index is 0. The number of anilines is 1. The van der Waals surface area contributed by atoms with E-state index in [2.05, 4.69) is 46.2 Å². The lowest BCUT2D eigenvalue weighted by Crippen LogP contribution is -2.37. The van der Waals surface area contributed by atoms with Gasteiger partial charge in [0, 0.05) is 37.1 Å².